The molecule has 0 radical (unpaired) electrons. The molecular formula is C16H29IN4. The van der Waals surface area contributed by atoms with E-state index in [-0.39, 0.29) is 24.0 Å². The van der Waals surface area contributed by atoms with Crippen LogP contribution in [-0.4, -0.2) is 68.5 Å². The van der Waals surface area contributed by atoms with E-state index in [1.165, 1.54) is 5.56 Å². The molecule has 1 unspecified atom stereocenters. The fourth-order valence-corrected chi connectivity index (χ4v) is 2.06. The highest BCUT2D eigenvalue weighted by atomic mass is 127. The maximum absolute atomic E-state index is 4.71. The second-order valence-electron chi connectivity index (χ2n) is 5.68. The highest BCUT2D eigenvalue weighted by molar-refractivity contribution is 14.0. The highest BCUT2D eigenvalue weighted by Crippen LogP contribution is 2.06. The molecule has 1 aromatic carbocycles. The van der Waals surface area contributed by atoms with Crippen LogP contribution in [-0.2, 0) is 6.54 Å². The lowest BCUT2D eigenvalue weighted by Gasteiger charge is -2.26. The van der Waals surface area contributed by atoms with Crippen LogP contribution in [0.15, 0.2) is 35.3 Å². The van der Waals surface area contributed by atoms with Gasteiger partial charge in [0, 0.05) is 40.8 Å². The van der Waals surface area contributed by atoms with Crippen LogP contribution in [0.25, 0.3) is 0 Å². The third-order valence-corrected chi connectivity index (χ3v) is 3.32. The van der Waals surface area contributed by atoms with Crippen molar-refractivity contribution in [2.75, 3.05) is 41.8 Å². The number of aliphatic imine (C=N–C) groups is 1. The summed E-state index contributed by atoms with van der Waals surface area (Å²) >= 11 is 0. The fraction of sp³-hybridized carbons (Fsp3) is 0.562. The molecule has 0 saturated heterocycles. The summed E-state index contributed by atoms with van der Waals surface area (Å²) in [4.78, 5) is 11.1. The van der Waals surface area contributed by atoms with Crippen LogP contribution in [0.1, 0.15) is 12.5 Å². The quantitative estimate of drug-likeness (QED) is 0.428. The Balaban J connectivity index is 0.00000400. The largest absolute Gasteiger partial charge is 0.349 e. The normalized spacial score (nSPS) is 11.6. The molecule has 0 fully saturated rings. The van der Waals surface area contributed by atoms with Gasteiger partial charge in [0.15, 0.2) is 5.96 Å². The highest BCUT2D eigenvalue weighted by Gasteiger charge is 2.11. The van der Waals surface area contributed by atoms with Crippen LogP contribution < -0.4 is 0 Å². The van der Waals surface area contributed by atoms with Gasteiger partial charge in [0.05, 0.1) is 6.54 Å². The molecule has 0 amide bonds. The smallest absolute Gasteiger partial charge is 0.195 e. The number of guanidine groups is 1. The van der Waals surface area contributed by atoms with Gasteiger partial charge in [-0.2, -0.15) is 0 Å². The van der Waals surface area contributed by atoms with E-state index in [9.17, 15) is 0 Å². The summed E-state index contributed by atoms with van der Waals surface area (Å²) < 4.78 is 0. The lowest BCUT2D eigenvalue weighted by atomic mass is 10.2. The summed E-state index contributed by atoms with van der Waals surface area (Å²) in [7, 11) is 10.3. The van der Waals surface area contributed by atoms with E-state index in [2.05, 4.69) is 49.2 Å². The van der Waals surface area contributed by atoms with E-state index >= 15 is 0 Å². The van der Waals surface area contributed by atoms with Gasteiger partial charge in [-0.05, 0) is 19.5 Å². The molecular weight excluding hydrogens is 375 g/mol. The van der Waals surface area contributed by atoms with Crippen LogP contribution in [0, 0.1) is 0 Å². The van der Waals surface area contributed by atoms with Crippen molar-refractivity contribution in [2.45, 2.75) is 19.5 Å². The zero-order chi connectivity index (χ0) is 15.1. The average molecular weight is 404 g/mol. The van der Waals surface area contributed by atoms with Crippen molar-refractivity contribution in [3.05, 3.63) is 35.9 Å². The molecule has 0 aliphatic rings. The minimum Gasteiger partial charge on any atom is -0.349 e. The van der Waals surface area contributed by atoms with Crippen molar-refractivity contribution in [3.63, 3.8) is 0 Å². The lowest BCUT2D eigenvalue weighted by Crippen LogP contribution is -2.37. The molecule has 1 aromatic rings. The first-order valence-electron chi connectivity index (χ1n) is 7.05. The molecule has 4 nitrogen and oxygen atoms in total. The van der Waals surface area contributed by atoms with E-state index < -0.39 is 0 Å². The zero-order valence-electron chi connectivity index (χ0n) is 14.1. The molecule has 5 heteroatoms. The van der Waals surface area contributed by atoms with Gasteiger partial charge in [0.25, 0.3) is 0 Å². The third-order valence-electron chi connectivity index (χ3n) is 3.32. The Morgan fingerprint density at radius 1 is 1.00 bits per heavy atom. The maximum Gasteiger partial charge on any atom is 0.195 e. The molecule has 120 valence electrons. The number of halogens is 1. The van der Waals surface area contributed by atoms with E-state index in [0.29, 0.717) is 6.04 Å². The monoisotopic (exact) mass is 404 g/mol. The molecule has 0 aliphatic carbocycles. The van der Waals surface area contributed by atoms with Gasteiger partial charge >= 0.3 is 0 Å². The number of likely N-dealkylation sites (N-methyl/N-ethyl adjacent to an activating group) is 1. The summed E-state index contributed by atoms with van der Waals surface area (Å²) in [6.07, 6.45) is 0. The SMILES string of the molecule is CC(CN=C(N(C)C)N(C)C)N(C)Cc1ccccc1.I. The first-order chi connectivity index (χ1) is 9.41. The van der Waals surface area contributed by atoms with Gasteiger partial charge < -0.3 is 9.80 Å². The maximum atomic E-state index is 4.71. The number of rotatable bonds is 5. The van der Waals surface area contributed by atoms with Gasteiger partial charge in [-0.15, -0.1) is 24.0 Å². The Labute approximate surface area is 146 Å². The third kappa shape index (κ3) is 7.13. The minimum absolute atomic E-state index is 0. The number of hydrogen-bond acceptors (Lipinski definition) is 2. The van der Waals surface area contributed by atoms with Crippen molar-refractivity contribution in [3.8, 4) is 0 Å². The Morgan fingerprint density at radius 3 is 2.00 bits per heavy atom. The van der Waals surface area contributed by atoms with Gasteiger partial charge in [0.1, 0.15) is 0 Å². The van der Waals surface area contributed by atoms with Gasteiger partial charge in [-0.25, -0.2) is 0 Å². The van der Waals surface area contributed by atoms with Crippen molar-refractivity contribution in [2.24, 2.45) is 4.99 Å². The minimum atomic E-state index is 0. The molecule has 0 bridgehead atoms. The number of hydrogen-bond donors (Lipinski definition) is 0. The predicted octanol–water partition coefficient (Wildman–Crippen LogP) is 2.60. The summed E-state index contributed by atoms with van der Waals surface area (Å²) in [5, 5.41) is 0. The average Bonchev–Trinajstić information content (AvgIpc) is 2.38. The second-order valence-corrected chi connectivity index (χ2v) is 5.68. The molecule has 1 atom stereocenters. The van der Waals surface area contributed by atoms with Crippen molar-refractivity contribution in [1.82, 2.24) is 14.7 Å². The van der Waals surface area contributed by atoms with Crippen LogP contribution in [0.2, 0.25) is 0 Å². The molecule has 0 spiro atoms. The molecule has 1 rings (SSSR count). The van der Waals surface area contributed by atoms with E-state index in [1.54, 1.807) is 0 Å². The molecule has 0 saturated carbocycles. The molecule has 0 heterocycles. The van der Waals surface area contributed by atoms with Crippen molar-refractivity contribution >= 4 is 29.9 Å². The molecule has 21 heavy (non-hydrogen) atoms. The molecule has 0 aliphatic heterocycles. The first kappa shape index (κ1) is 20.2. The summed E-state index contributed by atoms with van der Waals surface area (Å²) in [5.74, 6) is 1.00. The Hall–Kier alpha value is -0.820. The summed E-state index contributed by atoms with van der Waals surface area (Å²) in [6, 6.07) is 11.0. The van der Waals surface area contributed by atoms with Crippen molar-refractivity contribution < 1.29 is 0 Å². The van der Waals surface area contributed by atoms with Crippen LogP contribution in [0.3, 0.4) is 0 Å². The van der Waals surface area contributed by atoms with E-state index in [4.69, 9.17) is 4.99 Å². The Bertz CT molecular complexity index is 408. The Kier molecular flexibility index (Phi) is 9.61. The topological polar surface area (TPSA) is 22.1 Å². The molecule has 0 aromatic heterocycles. The van der Waals surface area contributed by atoms with E-state index in [1.807, 2.05) is 38.0 Å². The standard InChI is InChI=1S/C16H28N4.HI/c1-14(12-17-16(18(2)3)19(4)5)20(6)13-15-10-8-7-9-11-15;/h7-11,14H,12-13H2,1-6H3;1H. The van der Waals surface area contributed by atoms with Crippen LogP contribution in [0.4, 0.5) is 0 Å². The van der Waals surface area contributed by atoms with E-state index in [0.717, 1.165) is 19.0 Å². The summed E-state index contributed by atoms with van der Waals surface area (Å²) in [6.45, 7) is 3.97. The fourth-order valence-electron chi connectivity index (χ4n) is 2.06. The van der Waals surface area contributed by atoms with Crippen LogP contribution >= 0.6 is 24.0 Å². The predicted molar refractivity (Wildman–Crippen MR) is 102 cm³/mol. The number of nitrogens with zero attached hydrogens (tertiary/aromatic N) is 4. The lowest BCUT2D eigenvalue weighted by molar-refractivity contribution is 0.254. The van der Waals surface area contributed by atoms with Gasteiger partial charge in [-0.1, -0.05) is 30.3 Å². The van der Waals surface area contributed by atoms with Crippen molar-refractivity contribution in [1.29, 1.82) is 0 Å². The number of benzene rings is 1. The van der Waals surface area contributed by atoms with Gasteiger partial charge in [0.2, 0.25) is 0 Å². The first-order valence-corrected chi connectivity index (χ1v) is 7.05. The Morgan fingerprint density at radius 2 is 1.52 bits per heavy atom. The zero-order valence-corrected chi connectivity index (χ0v) is 16.4. The molecule has 0 N–H and O–H groups in total. The second kappa shape index (κ2) is 10.00. The van der Waals surface area contributed by atoms with Gasteiger partial charge in [-0.3, -0.25) is 9.89 Å². The van der Waals surface area contributed by atoms with Crippen LogP contribution in [0.5, 0.6) is 0 Å². The summed E-state index contributed by atoms with van der Waals surface area (Å²) in [5.41, 5.74) is 1.34.